The lowest BCUT2D eigenvalue weighted by Crippen LogP contribution is -2.29. The number of aromatic nitrogens is 1. The number of rotatable bonds is 6. The van der Waals surface area contributed by atoms with E-state index in [2.05, 4.69) is 24.0 Å². The fraction of sp³-hybridized carbons (Fsp3) is 0.400. The Bertz CT molecular complexity index is 732. The van der Waals surface area contributed by atoms with Gasteiger partial charge in [-0.1, -0.05) is 30.3 Å². The lowest BCUT2D eigenvalue weighted by Gasteiger charge is -2.24. The molecule has 132 valence electrons. The molecule has 1 amide bonds. The quantitative estimate of drug-likeness (QED) is 0.823. The molecule has 1 aliphatic heterocycles. The summed E-state index contributed by atoms with van der Waals surface area (Å²) in [6, 6.07) is 12.0. The zero-order valence-electron chi connectivity index (χ0n) is 14.9. The molecule has 0 bridgehead atoms. The first-order valence-electron chi connectivity index (χ1n) is 8.82. The van der Waals surface area contributed by atoms with Gasteiger partial charge in [-0.15, -0.1) is 0 Å². The first kappa shape index (κ1) is 17.4. The number of carbonyl (C=O) groups is 2. The predicted molar refractivity (Wildman–Crippen MR) is 97.7 cm³/mol. The van der Waals surface area contributed by atoms with Gasteiger partial charge in [0.1, 0.15) is 5.69 Å². The minimum Gasteiger partial charge on any atom is -0.356 e. The highest BCUT2D eigenvalue weighted by molar-refractivity contribution is 6.01. The van der Waals surface area contributed by atoms with Gasteiger partial charge >= 0.3 is 0 Å². The Hall–Kier alpha value is -2.40. The van der Waals surface area contributed by atoms with Gasteiger partial charge < -0.3 is 9.88 Å². The van der Waals surface area contributed by atoms with Crippen molar-refractivity contribution in [3.8, 4) is 0 Å². The first-order valence-corrected chi connectivity index (χ1v) is 8.82. The number of likely N-dealkylation sites (tertiary alicyclic amines) is 1. The Morgan fingerprint density at radius 2 is 1.88 bits per heavy atom. The van der Waals surface area contributed by atoms with Crippen molar-refractivity contribution >= 4 is 11.7 Å². The molecule has 2 aromatic rings. The van der Waals surface area contributed by atoms with E-state index in [0.29, 0.717) is 17.8 Å². The number of amides is 1. The summed E-state index contributed by atoms with van der Waals surface area (Å²) in [4.78, 5) is 31.8. The van der Waals surface area contributed by atoms with Gasteiger partial charge in [0, 0.05) is 30.9 Å². The molecule has 0 aliphatic carbocycles. The van der Waals surface area contributed by atoms with E-state index in [9.17, 15) is 9.59 Å². The average Bonchev–Trinajstić information content (AvgIpc) is 3.33. The second-order valence-corrected chi connectivity index (χ2v) is 6.73. The number of hydrogen-bond donors (Lipinski definition) is 1. The number of Topliss-reactive ketones (excluding diaryl/α,β-unsaturated/α-hetero) is 1. The average molecular weight is 339 g/mol. The number of hydrogen-bond acceptors (Lipinski definition) is 3. The van der Waals surface area contributed by atoms with Crippen molar-refractivity contribution < 1.29 is 9.59 Å². The van der Waals surface area contributed by atoms with Crippen LogP contribution in [-0.2, 0) is 0 Å². The minimum absolute atomic E-state index is 0.0115. The van der Waals surface area contributed by atoms with Crippen molar-refractivity contribution in [1.29, 1.82) is 0 Å². The SMILES string of the molecule is CC(c1ccccc1)N(C)CC(=O)c1c[nH]c(C(=O)N2CCCC2)c1. The molecule has 1 atom stereocenters. The molecular weight excluding hydrogens is 314 g/mol. The zero-order chi connectivity index (χ0) is 17.8. The van der Waals surface area contributed by atoms with Crippen LogP contribution in [-0.4, -0.2) is 53.2 Å². The van der Waals surface area contributed by atoms with Gasteiger partial charge in [0.2, 0.25) is 0 Å². The van der Waals surface area contributed by atoms with Crippen molar-refractivity contribution in [3.63, 3.8) is 0 Å². The van der Waals surface area contributed by atoms with Gasteiger partial charge in [-0.05, 0) is 38.4 Å². The van der Waals surface area contributed by atoms with Crippen LogP contribution in [0.2, 0.25) is 0 Å². The molecule has 5 heteroatoms. The number of nitrogens with zero attached hydrogens (tertiary/aromatic N) is 2. The fourth-order valence-corrected chi connectivity index (χ4v) is 3.21. The number of nitrogens with one attached hydrogen (secondary N) is 1. The molecule has 5 nitrogen and oxygen atoms in total. The second-order valence-electron chi connectivity index (χ2n) is 6.73. The molecular formula is C20H25N3O2. The van der Waals surface area contributed by atoms with Crippen LogP contribution in [0.4, 0.5) is 0 Å². The van der Waals surface area contributed by atoms with Crippen LogP contribution in [0.1, 0.15) is 52.2 Å². The molecule has 0 radical (unpaired) electrons. The molecule has 1 fully saturated rings. The first-order chi connectivity index (χ1) is 12.1. The second kappa shape index (κ2) is 7.66. The summed E-state index contributed by atoms with van der Waals surface area (Å²) in [5.74, 6) is 0.00422. The van der Waals surface area contributed by atoms with Gasteiger partial charge in [0.05, 0.1) is 6.54 Å². The Balaban J connectivity index is 1.62. The highest BCUT2D eigenvalue weighted by atomic mass is 16.2. The monoisotopic (exact) mass is 339 g/mol. The van der Waals surface area contributed by atoms with Crippen LogP contribution < -0.4 is 0 Å². The summed E-state index contributed by atoms with van der Waals surface area (Å²) in [5.41, 5.74) is 2.25. The molecule has 25 heavy (non-hydrogen) atoms. The third-order valence-electron chi connectivity index (χ3n) is 4.96. The molecule has 0 spiro atoms. The van der Waals surface area contributed by atoms with Crippen LogP contribution in [0.5, 0.6) is 0 Å². The van der Waals surface area contributed by atoms with Gasteiger partial charge in [0.15, 0.2) is 5.78 Å². The summed E-state index contributed by atoms with van der Waals surface area (Å²) < 4.78 is 0. The molecule has 1 aromatic heterocycles. The number of H-pyrrole nitrogens is 1. The van der Waals surface area contributed by atoms with Crippen molar-refractivity contribution in [2.45, 2.75) is 25.8 Å². The van der Waals surface area contributed by atoms with Crippen molar-refractivity contribution in [2.24, 2.45) is 0 Å². The van der Waals surface area contributed by atoms with Crippen molar-refractivity contribution in [1.82, 2.24) is 14.8 Å². The van der Waals surface area contributed by atoms with E-state index in [1.807, 2.05) is 35.0 Å². The Morgan fingerprint density at radius 1 is 1.20 bits per heavy atom. The summed E-state index contributed by atoms with van der Waals surface area (Å²) >= 11 is 0. The molecule has 0 saturated carbocycles. The number of benzene rings is 1. The third kappa shape index (κ3) is 3.99. The maximum atomic E-state index is 12.6. The van der Waals surface area contributed by atoms with Gasteiger partial charge in [0.25, 0.3) is 5.91 Å². The number of likely N-dealkylation sites (N-methyl/N-ethyl adjacent to an activating group) is 1. The van der Waals surface area contributed by atoms with E-state index >= 15 is 0 Å². The highest BCUT2D eigenvalue weighted by Crippen LogP contribution is 2.19. The Labute approximate surface area is 148 Å². The molecule has 1 saturated heterocycles. The van der Waals surface area contributed by atoms with Crippen molar-refractivity contribution in [3.05, 3.63) is 59.4 Å². The van der Waals surface area contributed by atoms with E-state index in [1.165, 1.54) is 5.56 Å². The summed E-state index contributed by atoms with van der Waals surface area (Å²) in [7, 11) is 1.94. The lowest BCUT2D eigenvalue weighted by molar-refractivity contribution is 0.0787. The van der Waals surface area contributed by atoms with E-state index in [0.717, 1.165) is 25.9 Å². The maximum Gasteiger partial charge on any atom is 0.270 e. The highest BCUT2D eigenvalue weighted by Gasteiger charge is 2.22. The van der Waals surface area contributed by atoms with Crippen LogP contribution in [0.25, 0.3) is 0 Å². The summed E-state index contributed by atoms with van der Waals surface area (Å²) in [5, 5.41) is 0. The molecule has 1 aliphatic rings. The van der Waals surface area contributed by atoms with E-state index in [4.69, 9.17) is 0 Å². The van der Waals surface area contributed by atoms with E-state index in [1.54, 1.807) is 12.3 Å². The van der Waals surface area contributed by atoms with Gasteiger partial charge in [-0.3, -0.25) is 14.5 Å². The van der Waals surface area contributed by atoms with Crippen LogP contribution >= 0.6 is 0 Å². The summed E-state index contributed by atoms with van der Waals surface area (Å²) in [6.07, 6.45) is 3.76. The van der Waals surface area contributed by atoms with Crippen LogP contribution in [0, 0.1) is 0 Å². The molecule has 1 N–H and O–H groups in total. The molecule has 2 heterocycles. The van der Waals surface area contributed by atoms with Crippen LogP contribution in [0.15, 0.2) is 42.6 Å². The fourth-order valence-electron chi connectivity index (χ4n) is 3.21. The maximum absolute atomic E-state index is 12.6. The van der Waals surface area contributed by atoms with Crippen molar-refractivity contribution in [2.75, 3.05) is 26.7 Å². The lowest BCUT2D eigenvalue weighted by atomic mass is 10.1. The van der Waals surface area contributed by atoms with E-state index in [-0.39, 0.29) is 17.7 Å². The number of ketones is 1. The molecule has 1 unspecified atom stereocenters. The number of aromatic amines is 1. The van der Waals surface area contributed by atoms with Gasteiger partial charge in [-0.25, -0.2) is 0 Å². The normalized spacial score (nSPS) is 15.6. The standard InChI is InChI=1S/C20H25N3O2/c1-15(16-8-4-3-5-9-16)22(2)14-19(24)17-12-18(21-13-17)20(25)23-10-6-7-11-23/h3-5,8-9,12-13,15,21H,6-7,10-11,14H2,1-2H3. The molecule has 1 aromatic carbocycles. The topological polar surface area (TPSA) is 56.4 Å². The largest absolute Gasteiger partial charge is 0.356 e. The predicted octanol–water partition coefficient (Wildman–Crippen LogP) is 3.13. The molecule has 3 rings (SSSR count). The Kier molecular flexibility index (Phi) is 5.34. The zero-order valence-corrected chi connectivity index (χ0v) is 14.9. The number of carbonyl (C=O) groups excluding carboxylic acids is 2. The Morgan fingerprint density at radius 3 is 2.56 bits per heavy atom. The van der Waals surface area contributed by atoms with Gasteiger partial charge in [-0.2, -0.15) is 0 Å². The summed E-state index contributed by atoms with van der Waals surface area (Å²) in [6.45, 7) is 4.00. The van der Waals surface area contributed by atoms with E-state index < -0.39 is 0 Å². The minimum atomic E-state index is -0.0115. The third-order valence-corrected chi connectivity index (χ3v) is 4.96. The van der Waals surface area contributed by atoms with Crippen LogP contribution in [0.3, 0.4) is 0 Å². The smallest absolute Gasteiger partial charge is 0.270 e.